The first-order valence-electron chi connectivity index (χ1n) is 2.69. The number of hydrogen-bond donors (Lipinski definition) is 1. The Hall–Kier alpha value is -0.960. The summed E-state index contributed by atoms with van der Waals surface area (Å²) in [5.41, 5.74) is 5.25. The van der Waals surface area contributed by atoms with Crippen LogP contribution in [0.3, 0.4) is 0 Å². The summed E-state index contributed by atoms with van der Waals surface area (Å²) < 4.78 is 0. The van der Waals surface area contributed by atoms with E-state index in [-0.39, 0.29) is 18.0 Å². The van der Waals surface area contributed by atoms with Crippen LogP contribution in [0.25, 0.3) is 0 Å². The van der Waals surface area contributed by atoms with Crippen molar-refractivity contribution in [3.8, 4) is 0 Å². The first-order chi connectivity index (χ1) is 4.20. The van der Waals surface area contributed by atoms with E-state index in [9.17, 15) is 9.59 Å². The summed E-state index contributed by atoms with van der Waals surface area (Å²) in [5, 5.41) is 0. The van der Waals surface area contributed by atoms with Crippen molar-refractivity contribution in [3.05, 3.63) is 12.2 Å². The van der Waals surface area contributed by atoms with E-state index >= 15 is 0 Å². The van der Waals surface area contributed by atoms with Gasteiger partial charge in [0.2, 0.25) is 0 Å². The molecule has 1 atom stereocenters. The summed E-state index contributed by atoms with van der Waals surface area (Å²) in [6, 6.07) is -0.553. The van der Waals surface area contributed by atoms with Gasteiger partial charge in [-0.3, -0.25) is 9.59 Å². The van der Waals surface area contributed by atoms with Gasteiger partial charge in [-0.25, -0.2) is 0 Å². The second kappa shape index (κ2) is 2.11. The molecule has 0 saturated carbocycles. The number of ketones is 2. The molecule has 3 nitrogen and oxygen atoms in total. The number of Topliss-reactive ketones (excluding diaryl/α,β-unsaturated/α-hetero) is 1. The van der Waals surface area contributed by atoms with E-state index in [0.29, 0.717) is 0 Å². The highest BCUT2D eigenvalue weighted by atomic mass is 16.1. The Morgan fingerprint density at radius 1 is 1.56 bits per heavy atom. The minimum absolute atomic E-state index is 0.0301. The van der Waals surface area contributed by atoms with Gasteiger partial charge in [0, 0.05) is 0 Å². The van der Waals surface area contributed by atoms with E-state index in [2.05, 4.69) is 0 Å². The highest BCUT2D eigenvalue weighted by molar-refractivity contribution is 6.09. The molecule has 0 aromatic heterocycles. The fourth-order valence-corrected chi connectivity index (χ4v) is 0.667. The Balaban J connectivity index is 2.76. The molecule has 0 bridgehead atoms. The van der Waals surface area contributed by atoms with E-state index < -0.39 is 6.04 Å². The molecule has 0 saturated heterocycles. The molecule has 0 aliphatic heterocycles. The van der Waals surface area contributed by atoms with Crippen molar-refractivity contribution in [2.24, 2.45) is 5.73 Å². The van der Waals surface area contributed by atoms with E-state index in [1.54, 1.807) is 0 Å². The zero-order chi connectivity index (χ0) is 6.85. The summed E-state index contributed by atoms with van der Waals surface area (Å²) in [7, 11) is 0. The molecule has 0 amide bonds. The van der Waals surface area contributed by atoms with Crippen molar-refractivity contribution in [1.29, 1.82) is 0 Å². The second-order valence-electron chi connectivity index (χ2n) is 1.99. The van der Waals surface area contributed by atoms with Gasteiger partial charge in [-0.15, -0.1) is 0 Å². The highest BCUT2D eigenvalue weighted by Crippen LogP contribution is 2.00. The average molecular weight is 125 g/mol. The van der Waals surface area contributed by atoms with E-state index in [1.165, 1.54) is 12.2 Å². The van der Waals surface area contributed by atoms with Gasteiger partial charge in [-0.05, 0) is 6.08 Å². The van der Waals surface area contributed by atoms with Crippen LogP contribution in [0.5, 0.6) is 0 Å². The van der Waals surface area contributed by atoms with Crippen LogP contribution >= 0.6 is 0 Å². The quantitative estimate of drug-likeness (QED) is 0.440. The summed E-state index contributed by atoms with van der Waals surface area (Å²) >= 11 is 0. The van der Waals surface area contributed by atoms with Crippen LogP contribution in [0.2, 0.25) is 0 Å². The van der Waals surface area contributed by atoms with Crippen LogP contribution in [-0.4, -0.2) is 17.6 Å². The van der Waals surface area contributed by atoms with Gasteiger partial charge in [0.25, 0.3) is 0 Å². The first kappa shape index (κ1) is 6.16. The standard InChI is InChI=1S/C6H7NO2/c7-5-2-1-4(8)3-6(5)9/h1-2,5H,3,7H2. The molecule has 2 N–H and O–H groups in total. The Morgan fingerprint density at radius 3 is 2.67 bits per heavy atom. The maximum atomic E-state index is 10.6. The molecule has 0 fully saturated rings. The van der Waals surface area contributed by atoms with Crippen LogP contribution in [0, 0.1) is 0 Å². The van der Waals surface area contributed by atoms with Gasteiger partial charge < -0.3 is 5.73 Å². The minimum atomic E-state index is -0.553. The predicted octanol–water partition coefficient (Wildman–Crippen LogP) is -0.588. The van der Waals surface area contributed by atoms with Gasteiger partial charge in [0.15, 0.2) is 11.6 Å². The molecule has 1 aliphatic rings. The van der Waals surface area contributed by atoms with Crippen molar-refractivity contribution < 1.29 is 9.59 Å². The number of allylic oxidation sites excluding steroid dienone is 1. The van der Waals surface area contributed by atoms with Crippen LogP contribution in [-0.2, 0) is 9.59 Å². The largest absolute Gasteiger partial charge is 0.318 e. The molecule has 48 valence electrons. The third kappa shape index (κ3) is 1.23. The zero-order valence-electron chi connectivity index (χ0n) is 4.83. The van der Waals surface area contributed by atoms with Gasteiger partial charge >= 0.3 is 0 Å². The molecular weight excluding hydrogens is 118 g/mol. The molecule has 0 aromatic carbocycles. The summed E-state index contributed by atoms with van der Waals surface area (Å²) in [6.45, 7) is 0. The monoisotopic (exact) mass is 125 g/mol. The first-order valence-corrected chi connectivity index (χ1v) is 2.69. The molecule has 9 heavy (non-hydrogen) atoms. The fourth-order valence-electron chi connectivity index (χ4n) is 0.667. The lowest BCUT2D eigenvalue weighted by Gasteiger charge is -2.07. The van der Waals surface area contributed by atoms with Gasteiger partial charge in [0.05, 0.1) is 12.5 Å². The predicted molar refractivity (Wildman–Crippen MR) is 31.7 cm³/mol. The lowest BCUT2D eigenvalue weighted by Crippen LogP contribution is -2.32. The smallest absolute Gasteiger partial charge is 0.162 e. The fraction of sp³-hybridized carbons (Fsp3) is 0.333. The molecule has 3 heteroatoms. The van der Waals surface area contributed by atoms with Crippen molar-refractivity contribution in [3.63, 3.8) is 0 Å². The average Bonchev–Trinajstić information content (AvgIpc) is 1.80. The minimum Gasteiger partial charge on any atom is -0.318 e. The number of hydrogen-bond acceptors (Lipinski definition) is 3. The Kier molecular flexibility index (Phi) is 1.44. The molecule has 1 aliphatic carbocycles. The lowest BCUT2D eigenvalue weighted by atomic mass is 10.0. The van der Waals surface area contributed by atoms with Crippen molar-refractivity contribution in [2.45, 2.75) is 12.5 Å². The van der Waals surface area contributed by atoms with Crippen LogP contribution in [0.4, 0.5) is 0 Å². The summed E-state index contributed by atoms with van der Waals surface area (Å²) in [6.07, 6.45) is 2.75. The summed E-state index contributed by atoms with van der Waals surface area (Å²) in [4.78, 5) is 21.1. The van der Waals surface area contributed by atoms with Crippen molar-refractivity contribution in [2.75, 3.05) is 0 Å². The number of carbonyl (C=O) groups excluding carboxylic acids is 2. The molecule has 0 radical (unpaired) electrons. The Bertz CT molecular complexity index is 183. The topological polar surface area (TPSA) is 60.2 Å². The number of rotatable bonds is 0. The highest BCUT2D eigenvalue weighted by Gasteiger charge is 2.17. The van der Waals surface area contributed by atoms with Crippen LogP contribution < -0.4 is 5.73 Å². The molecular formula is C6H7NO2. The Labute approximate surface area is 52.5 Å². The third-order valence-corrected chi connectivity index (χ3v) is 1.21. The SMILES string of the molecule is NC1C=CC(=O)CC1=O. The van der Waals surface area contributed by atoms with Crippen LogP contribution in [0.15, 0.2) is 12.2 Å². The van der Waals surface area contributed by atoms with E-state index in [1.807, 2.05) is 0 Å². The molecule has 0 aromatic rings. The zero-order valence-corrected chi connectivity index (χ0v) is 4.83. The van der Waals surface area contributed by atoms with Crippen molar-refractivity contribution in [1.82, 2.24) is 0 Å². The third-order valence-electron chi connectivity index (χ3n) is 1.21. The molecule has 0 spiro atoms. The van der Waals surface area contributed by atoms with E-state index in [0.717, 1.165) is 0 Å². The van der Waals surface area contributed by atoms with Crippen molar-refractivity contribution >= 4 is 11.6 Å². The lowest BCUT2D eigenvalue weighted by molar-refractivity contribution is -0.125. The molecule has 0 heterocycles. The second-order valence-corrected chi connectivity index (χ2v) is 1.99. The molecule has 1 unspecified atom stereocenters. The molecule has 1 rings (SSSR count). The van der Waals surface area contributed by atoms with Gasteiger partial charge in [-0.1, -0.05) is 6.08 Å². The maximum Gasteiger partial charge on any atom is 0.162 e. The van der Waals surface area contributed by atoms with Gasteiger partial charge in [-0.2, -0.15) is 0 Å². The van der Waals surface area contributed by atoms with E-state index in [4.69, 9.17) is 5.73 Å². The maximum absolute atomic E-state index is 10.6. The van der Waals surface area contributed by atoms with Crippen LogP contribution in [0.1, 0.15) is 6.42 Å². The number of nitrogens with two attached hydrogens (primary N) is 1. The number of carbonyl (C=O) groups is 2. The normalized spacial score (nSPS) is 27.0. The summed E-state index contributed by atoms with van der Waals surface area (Å²) in [5.74, 6) is -0.343. The van der Waals surface area contributed by atoms with Gasteiger partial charge in [0.1, 0.15) is 0 Å². The Morgan fingerprint density at radius 2 is 2.22 bits per heavy atom.